The summed E-state index contributed by atoms with van der Waals surface area (Å²) in [6.07, 6.45) is 8.57. The molecule has 0 aliphatic heterocycles. The first-order valence-corrected chi connectivity index (χ1v) is 10.5. The van der Waals surface area contributed by atoms with Gasteiger partial charge in [0, 0.05) is 0 Å². The fourth-order valence-electron chi connectivity index (χ4n) is 4.22. The van der Waals surface area contributed by atoms with Gasteiger partial charge in [-0.05, 0) is 79.3 Å². The van der Waals surface area contributed by atoms with Crippen molar-refractivity contribution in [1.82, 2.24) is 0 Å². The number of carbonyl (C=O) groups is 1. The molecule has 146 valence electrons. The third kappa shape index (κ3) is 4.81. The second-order valence-electron chi connectivity index (χ2n) is 7.81. The normalized spacial score (nSPS) is 19.0. The smallest absolute Gasteiger partial charge is 0.343 e. The van der Waals surface area contributed by atoms with E-state index in [4.69, 9.17) is 4.74 Å². The summed E-state index contributed by atoms with van der Waals surface area (Å²) in [5, 5.41) is 9.31. The van der Waals surface area contributed by atoms with E-state index in [1.165, 1.54) is 44.1 Å². The van der Waals surface area contributed by atoms with Crippen LogP contribution in [0.15, 0.2) is 42.5 Å². The number of hydrogen-bond donors (Lipinski definition) is 0. The number of aryl methyl sites for hydroxylation is 1. The summed E-state index contributed by atoms with van der Waals surface area (Å²) in [6, 6.07) is 15.3. The molecule has 1 saturated carbocycles. The molecule has 1 aliphatic carbocycles. The van der Waals surface area contributed by atoms with Crippen LogP contribution in [0.25, 0.3) is 0 Å². The molecule has 1 aliphatic rings. The number of carbonyl (C=O) groups excluding carboxylic acids is 1. The molecule has 2 aromatic rings. The van der Waals surface area contributed by atoms with E-state index in [0.29, 0.717) is 22.8 Å². The molecule has 0 spiro atoms. The highest BCUT2D eigenvalue weighted by Crippen LogP contribution is 2.37. The van der Waals surface area contributed by atoms with Gasteiger partial charge in [0.2, 0.25) is 0 Å². The Hall–Kier alpha value is -2.60. The molecular weight excluding hydrogens is 346 g/mol. The average Bonchev–Trinajstić information content (AvgIpc) is 2.75. The molecule has 0 aromatic heterocycles. The van der Waals surface area contributed by atoms with Crippen LogP contribution in [0.5, 0.6) is 5.75 Å². The van der Waals surface area contributed by atoms with E-state index in [1.54, 1.807) is 12.1 Å². The average molecular weight is 376 g/mol. The third-order valence-electron chi connectivity index (χ3n) is 5.94. The number of nitriles is 1. The fraction of sp³-hybridized carbons (Fsp3) is 0.440. The minimum absolute atomic E-state index is 0.322. The van der Waals surface area contributed by atoms with Crippen molar-refractivity contribution in [2.75, 3.05) is 0 Å². The van der Waals surface area contributed by atoms with Crippen LogP contribution in [0.4, 0.5) is 0 Å². The highest BCUT2D eigenvalue weighted by molar-refractivity contribution is 5.91. The number of rotatable bonds is 6. The van der Waals surface area contributed by atoms with Gasteiger partial charge in [-0.25, -0.2) is 4.79 Å². The predicted octanol–water partition coefficient (Wildman–Crippen LogP) is 6.41. The van der Waals surface area contributed by atoms with Gasteiger partial charge in [0.05, 0.1) is 11.1 Å². The molecular formula is C25H29NO2. The molecule has 0 unspecified atom stereocenters. The van der Waals surface area contributed by atoms with Crippen LogP contribution in [0, 0.1) is 17.2 Å². The minimum atomic E-state index is -0.418. The molecule has 28 heavy (non-hydrogen) atoms. The van der Waals surface area contributed by atoms with E-state index in [2.05, 4.69) is 25.1 Å². The summed E-state index contributed by atoms with van der Waals surface area (Å²) in [4.78, 5) is 12.5. The van der Waals surface area contributed by atoms with Crippen molar-refractivity contribution in [3.8, 4) is 11.8 Å². The van der Waals surface area contributed by atoms with E-state index in [1.807, 2.05) is 25.1 Å². The van der Waals surface area contributed by atoms with Crippen LogP contribution in [-0.2, 0) is 6.42 Å². The van der Waals surface area contributed by atoms with Crippen LogP contribution >= 0.6 is 0 Å². The Labute approximate surface area is 168 Å². The molecule has 3 rings (SSSR count). The Morgan fingerprint density at radius 2 is 1.79 bits per heavy atom. The van der Waals surface area contributed by atoms with Gasteiger partial charge >= 0.3 is 5.97 Å². The lowest BCUT2D eigenvalue weighted by Gasteiger charge is -2.28. The van der Waals surface area contributed by atoms with Gasteiger partial charge in [0.15, 0.2) is 0 Å². The predicted molar refractivity (Wildman–Crippen MR) is 112 cm³/mol. The molecule has 0 radical (unpaired) electrons. The number of esters is 1. The van der Waals surface area contributed by atoms with Crippen molar-refractivity contribution >= 4 is 5.97 Å². The molecule has 0 atom stereocenters. The third-order valence-corrected chi connectivity index (χ3v) is 5.94. The van der Waals surface area contributed by atoms with Crippen LogP contribution < -0.4 is 4.74 Å². The van der Waals surface area contributed by atoms with Gasteiger partial charge in [-0.3, -0.25) is 0 Å². The van der Waals surface area contributed by atoms with Crippen molar-refractivity contribution in [3.05, 3.63) is 64.7 Å². The molecule has 3 nitrogen and oxygen atoms in total. The van der Waals surface area contributed by atoms with Gasteiger partial charge in [0.25, 0.3) is 0 Å². The summed E-state index contributed by atoms with van der Waals surface area (Å²) in [6.45, 7) is 4.29. The lowest BCUT2D eigenvalue weighted by atomic mass is 9.77. The minimum Gasteiger partial charge on any atom is -0.422 e. The van der Waals surface area contributed by atoms with Gasteiger partial charge < -0.3 is 4.74 Å². The Kier molecular flexibility index (Phi) is 6.87. The Balaban J connectivity index is 1.64. The summed E-state index contributed by atoms with van der Waals surface area (Å²) < 4.78 is 5.49. The number of nitrogens with zero attached hydrogens (tertiary/aromatic N) is 1. The fourth-order valence-corrected chi connectivity index (χ4v) is 4.22. The number of ether oxygens (including phenoxy) is 1. The van der Waals surface area contributed by atoms with E-state index in [9.17, 15) is 10.1 Å². The summed E-state index contributed by atoms with van der Waals surface area (Å²) >= 11 is 0. The zero-order valence-electron chi connectivity index (χ0n) is 16.9. The maximum atomic E-state index is 12.5. The van der Waals surface area contributed by atoms with Crippen molar-refractivity contribution < 1.29 is 9.53 Å². The summed E-state index contributed by atoms with van der Waals surface area (Å²) in [7, 11) is 0. The van der Waals surface area contributed by atoms with Gasteiger partial charge in [-0.1, -0.05) is 44.9 Å². The van der Waals surface area contributed by atoms with Crippen molar-refractivity contribution in [1.29, 1.82) is 5.26 Å². The highest BCUT2D eigenvalue weighted by Gasteiger charge is 2.22. The standard InChI is InChI=1S/C25H29NO2/c1-3-5-19-6-9-20(10-7-19)21-11-13-22(14-12-21)25(27)28-24-15-8-18(4-2)16-23(24)17-26/h8,11-16,19-20H,3-7,9-10H2,1-2H3. The van der Waals surface area contributed by atoms with E-state index in [0.717, 1.165) is 17.9 Å². The Morgan fingerprint density at radius 3 is 2.39 bits per heavy atom. The zero-order valence-corrected chi connectivity index (χ0v) is 16.9. The first kappa shape index (κ1) is 20.1. The Morgan fingerprint density at radius 1 is 1.07 bits per heavy atom. The lowest BCUT2D eigenvalue weighted by Crippen LogP contribution is -2.14. The molecule has 1 fully saturated rings. The van der Waals surface area contributed by atoms with Crippen LogP contribution in [0.1, 0.15) is 85.3 Å². The zero-order chi connectivity index (χ0) is 19.9. The quantitative estimate of drug-likeness (QED) is 0.433. The van der Waals surface area contributed by atoms with Crippen LogP contribution in [-0.4, -0.2) is 5.97 Å². The molecule has 0 amide bonds. The van der Waals surface area contributed by atoms with Crippen molar-refractivity contribution in [2.24, 2.45) is 5.92 Å². The molecule has 0 saturated heterocycles. The first-order valence-electron chi connectivity index (χ1n) is 10.5. The molecule has 2 aromatic carbocycles. The monoisotopic (exact) mass is 375 g/mol. The van der Waals surface area contributed by atoms with E-state index >= 15 is 0 Å². The SMILES string of the molecule is CCCC1CCC(c2ccc(C(=O)Oc3ccc(CC)cc3C#N)cc2)CC1. The largest absolute Gasteiger partial charge is 0.422 e. The maximum Gasteiger partial charge on any atom is 0.343 e. The second-order valence-corrected chi connectivity index (χ2v) is 7.81. The van der Waals surface area contributed by atoms with Crippen molar-refractivity contribution in [3.63, 3.8) is 0 Å². The van der Waals surface area contributed by atoms with Crippen molar-refractivity contribution in [2.45, 2.75) is 64.7 Å². The summed E-state index contributed by atoms with van der Waals surface area (Å²) in [5.74, 6) is 1.40. The second kappa shape index (κ2) is 9.55. The molecule has 3 heteroatoms. The number of benzene rings is 2. The molecule has 0 heterocycles. The molecule has 0 N–H and O–H groups in total. The highest BCUT2D eigenvalue weighted by atomic mass is 16.5. The van der Waals surface area contributed by atoms with Crippen LogP contribution in [0.3, 0.4) is 0 Å². The van der Waals surface area contributed by atoms with E-state index < -0.39 is 5.97 Å². The first-order chi connectivity index (χ1) is 13.6. The van der Waals surface area contributed by atoms with Gasteiger partial charge in [-0.15, -0.1) is 0 Å². The molecule has 0 bridgehead atoms. The van der Waals surface area contributed by atoms with Gasteiger partial charge in [-0.2, -0.15) is 5.26 Å². The van der Waals surface area contributed by atoms with E-state index in [-0.39, 0.29) is 0 Å². The summed E-state index contributed by atoms with van der Waals surface area (Å²) in [5.41, 5.74) is 3.28. The maximum absolute atomic E-state index is 12.5. The topological polar surface area (TPSA) is 50.1 Å². The lowest BCUT2D eigenvalue weighted by molar-refractivity contribution is 0.0734. The Bertz CT molecular complexity index is 840. The van der Waals surface area contributed by atoms with Crippen LogP contribution in [0.2, 0.25) is 0 Å². The number of hydrogen-bond acceptors (Lipinski definition) is 3. The van der Waals surface area contributed by atoms with Gasteiger partial charge in [0.1, 0.15) is 11.8 Å².